The highest BCUT2D eigenvalue weighted by molar-refractivity contribution is 7.91. The standard InChI is InChI=1S/C24H35FN2O6S/c1-18(2)26-12-13-27(22(28)15-26)17-34(30,31)21-9-7-20(8-10-21)32-16-19(14-25)6-11-23(29)33-24(3,4)5/h7-10,14,18H,6,11-13,15-17H2,1-5H3/b19-14+. The second-order valence-corrected chi connectivity index (χ2v) is 11.5. The van der Waals surface area contributed by atoms with Crippen LogP contribution in [0.25, 0.3) is 0 Å². The Balaban J connectivity index is 1.89. The van der Waals surface area contributed by atoms with E-state index in [0.29, 0.717) is 25.2 Å². The van der Waals surface area contributed by atoms with Gasteiger partial charge in [-0.25, -0.2) is 12.8 Å². The van der Waals surface area contributed by atoms with Crippen LogP contribution in [0.5, 0.6) is 5.75 Å². The van der Waals surface area contributed by atoms with Gasteiger partial charge in [0.2, 0.25) is 5.91 Å². The smallest absolute Gasteiger partial charge is 0.306 e. The molecule has 0 aliphatic carbocycles. The van der Waals surface area contributed by atoms with E-state index < -0.39 is 21.4 Å². The number of carbonyl (C=O) groups excluding carboxylic acids is 2. The Labute approximate surface area is 201 Å². The zero-order valence-electron chi connectivity index (χ0n) is 20.5. The van der Waals surface area contributed by atoms with Crippen molar-refractivity contribution in [1.82, 2.24) is 9.80 Å². The number of carbonyl (C=O) groups is 2. The van der Waals surface area contributed by atoms with Crippen molar-refractivity contribution in [3.05, 3.63) is 36.2 Å². The van der Waals surface area contributed by atoms with Crippen molar-refractivity contribution >= 4 is 21.7 Å². The topological polar surface area (TPSA) is 93.2 Å². The third-order valence-electron chi connectivity index (χ3n) is 5.24. The highest BCUT2D eigenvalue weighted by Crippen LogP contribution is 2.20. The summed E-state index contributed by atoms with van der Waals surface area (Å²) in [6.07, 6.45) is 0.576. The zero-order valence-corrected chi connectivity index (χ0v) is 21.4. The Morgan fingerprint density at radius 1 is 1.15 bits per heavy atom. The number of nitrogens with zero attached hydrogens (tertiary/aromatic N) is 2. The highest BCUT2D eigenvalue weighted by Gasteiger charge is 2.29. The van der Waals surface area contributed by atoms with Crippen LogP contribution >= 0.6 is 0 Å². The van der Waals surface area contributed by atoms with Crippen molar-refractivity contribution in [2.45, 2.75) is 64.0 Å². The number of amides is 1. The summed E-state index contributed by atoms with van der Waals surface area (Å²) in [6.45, 7) is 10.4. The summed E-state index contributed by atoms with van der Waals surface area (Å²) in [5.74, 6) is -0.653. The van der Waals surface area contributed by atoms with Gasteiger partial charge in [0.1, 0.15) is 23.8 Å². The first kappa shape index (κ1) is 27.8. The zero-order chi connectivity index (χ0) is 25.5. The maximum Gasteiger partial charge on any atom is 0.306 e. The molecule has 1 aromatic carbocycles. The first-order valence-corrected chi connectivity index (χ1v) is 12.9. The van der Waals surface area contributed by atoms with Crippen molar-refractivity contribution in [3.8, 4) is 5.75 Å². The van der Waals surface area contributed by atoms with E-state index >= 15 is 0 Å². The van der Waals surface area contributed by atoms with E-state index in [9.17, 15) is 22.4 Å². The van der Waals surface area contributed by atoms with Crippen LogP contribution in [0.15, 0.2) is 41.1 Å². The molecule has 0 aromatic heterocycles. The van der Waals surface area contributed by atoms with Gasteiger partial charge in [-0.15, -0.1) is 0 Å². The van der Waals surface area contributed by atoms with Crippen molar-refractivity contribution in [3.63, 3.8) is 0 Å². The Morgan fingerprint density at radius 2 is 1.79 bits per heavy atom. The number of benzene rings is 1. The van der Waals surface area contributed by atoms with E-state index in [1.807, 2.05) is 18.7 Å². The van der Waals surface area contributed by atoms with Crippen molar-refractivity contribution in [2.75, 3.05) is 32.1 Å². The molecule has 0 unspecified atom stereocenters. The molecule has 1 fully saturated rings. The van der Waals surface area contributed by atoms with Gasteiger partial charge in [0.25, 0.3) is 0 Å². The summed E-state index contributed by atoms with van der Waals surface area (Å²) >= 11 is 0. The predicted octanol–water partition coefficient (Wildman–Crippen LogP) is 3.32. The van der Waals surface area contributed by atoms with Gasteiger partial charge in [-0.2, -0.15) is 0 Å². The van der Waals surface area contributed by atoms with Gasteiger partial charge in [-0.05, 0) is 70.9 Å². The fourth-order valence-corrected chi connectivity index (χ4v) is 4.70. The molecule has 0 radical (unpaired) electrons. The normalized spacial score (nSPS) is 16.1. The van der Waals surface area contributed by atoms with E-state index in [1.165, 1.54) is 29.2 Å². The van der Waals surface area contributed by atoms with Crippen LogP contribution in [0.4, 0.5) is 4.39 Å². The molecule has 1 aliphatic rings. The van der Waals surface area contributed by atoms with Gasteiger partial charge in [-0.3, -0.25) is 14.5 Å². The number of ether oxygens (including phenoxy) is 2. The van der Waals surface area contributed by atoms with E-state index in [-0.39, 0.29) is 54.3 Å². The summed E-state index contributed by atoms with van der Waals surface area (Å²) in [4.78, 5) is 27.6. The summed E-state index contributed by atoms with van der Waals surface area (Å²) < 4.78 is 49.5. The maximum absolute atomic E-state index is 13.2. The second-order valence-electron chi connectivity index (χ2n) is 9.58. The number of hydrogen-bond acceptors (Lipinski definition) is 7. The monoisotopic (exact) mass is 498 g/mol. The number of sulfone groups is 1. The SMILES string of the molecule is CC(C)N1CCN(CS(=O)(=O)c2ccc(OC/C(=C/F)CCC(=O)OC(C)(C)C)cc2)C(=O)C1. The molecule has 0 atom stereocenters. The van der Waals surface area contributed by atoms with Crippen LogP contribution in [0.1, 0.15) is 47.5 Å². The number of esters is 1. The average Bonchev–Trinajstić information content (AvgIpc) is 2.74. The third-order valence-corrected chi connectivity index (χ3v) is 6.88. The minimum absolute atomic E-state index is 0.0255. The maximum atomic E-state index is 13.2. The van der Waals surface area contributed by atoms with E-state index in [1.54, 1.807) is 20.8 Å². The van der Waals surface area contributed by atoms with Crippen LogP contribution in [-0.4, -0.2) is 73.9 Å². The molecular weight excluding hydrogens is 463 g/mol. The molecule has 2 rings (SSSR count). The number of halogens is 1. The first-order chi connectivity index (χ1) is 15.8. The highest BCUT2D eigenvalue weighted by atomic mass is 32.2. The molecule has 34 heavy (non-hydrogen) atoms. The van der Waals surface area contributed by atoms with Crippen molar-refractivity contribution in [1.29, 1.82) is 0 Å². The molecule has 8 nitrogen and oxygen atoms in total. The molecule has 1 amide bonds. The minimum Gasteiger partial charge on any atom is -0.489 e. The molecule has 1 saturated heterocycles. The fourth-order valence-electron chi connectivity index (χ4n) is 3.32. The lowest BCUT2D eigenvalue weighted by molar-refractivity contribution is -0.154. The third kappa shape index (κ3) is 8.72. The Kier molecular flexibility index (Phi) is 9.64. The molecule has 190 valence electrons. The lowest BCUT2D eigenvalue weighted by Crippen LogP contribution is -2.53. The Hall–Kier alpha value is -2.46. The summed E-state index contributed by atoms with van der Waals surface area (Å²) in [5, 5.41) is 0. The quantitative estimate of drug-likeness (QED) is 0.457. The van der Waals surface area contributed by atoms with Gasteiger partial charge < -0.3 is 14.4 Å². The van der Waals surface area contributed by atoms with Crippen LogP contribution in [-0.2, 0) is 24.2 Å². The largest absolute Gasteiger partial charge is 0.489 e. The molecule has 1 aliphatic heterocycles. The van der Waals surface area contributed by atoms with Gasteiger partial charge in [0.05, 0.1) is 17.8 Å². The fraction of sp³-hybridized carbons (Fsp3) is 0.583. The second kappa shape index (κ2) is 11.8. The van der Waals surface area contributed by atoms with Gasteiger partial charge in [-0.1, -0.05) is 0 Å². The summed E-state index contributed by atoms with van der Waals surface area (Å²) in [5.41, 5.74) is -0.327. The number of piperazine rings is 1. The van der Waals surface area contributed by atoms with Crippen LogP contribution in [0, 0.1) is 0 Å². The number of hydrogen-bond donors (Lipinski definition) is 0. The molecule has 10 heteroatoms. The molecular formula is C24H35FN2O6S. The van der Waals surface area contributed by atoms with Crippen molar-refractivity contribution in [2.24, 2.45) is 0 Å². The lowest BCUT2D eigenvalue weighted by atomic mass is 10.1. The molecule has 0 bridgehead atoms. The molecule has 0 saturated carbocycles. The van der Waals surface area contributed by atoms with E-state index in [2.05, 4.69) is 0 Å². The van der Waals surface area contributed by atoms with Crippen LogP contribution < -0.4 is 4.74 Å². The molecule has 0 spiro atoms. The molecule has 1 heterocycles. The average molecular weight is 499 g/mol. The van der Waals surface area contributed by atoms with E-state index in [4.69, 9.17) is 9.47 Å². The minimum atomic E-state index is -3.71. The van der Waals surface area contributed by atoms with Crippen LogP contribution in [0.2, 0.25) is 0 Å². The van der Waals surface area contributed by atoms with Gasteiger partial charge in [0.15, 0.2) is 9.84 Å². The van der Waals surface area contributed by atoms with Gasteiger partial charge >= 0.3 is 5.97 Å². The summed E-state index contributed by atoms with van der Waals surface area (Å²) in [7, 11) is -3.71. The van der Waals surface area contributed by atoms with Crippen LogP contribution in [0.3, 0.4) is 0 Å². The Morgan fingerprint density at radius 3 is 2.32 bits per heavy atom. The summed E-state index contributed by atoms with van der Waals surface area (Å²) in [6, 6.07) is 5.99. The lowest BCUT2D eigenvalue weighted by Gasteiger charge is -2.36. The molecule has 1 aromatic rings. The first-order valence-electron chi connectivity index (χ1n) is 11.3. The Bertz CT molecular complexity index is 984. The number of rotatable bonds is 10. The van der Waals surface area contributed by atoms with E-state index in [0.717, 1.165) is 0 Å². The van der Waals surface area contributed by atoms with Crippen molar-refractivity contribution < 1.29 is 31.9 Å². The van der Waals surface area contributed by atoms with Gasteiger partial charge in [0, 0.05) is 25.6 Å². The predicted molar refractivity (Wildman–Crippen MR) is 127 cm³/mol. The molecule has 0 N–H and O–H groups in total.